The number of aliphatic hydroxyl groups is 4. The van der Waals surface area contributed by atoms with E-state index in [0.717, 1.165) is 49.0 Å². The number of anilines is 1. The smallest absolute Gasteiger partial charge is 0.462 e. The Kier molecular flexibility index (Phi) is 29.8. The third-order valence-electron chi connectivity index (χ3n) is 12.9. The van der Waals surface area contributed by atoms with Crippen LogP contribution in [0.4, 0.5) is 5.82 Å². The highest BCUT2D eigenvalue weighted by Crippen LogP contribution is 2.60. The van der Waals surface area contributed by atoms with Gasteiger partial charge >= 0.3 is 33.3 Å². The van der Waals surface area contributed by atoms with Crippen molar-refractivity contribution in [1.29, 1.82) is 0 Å². The molecule has 21 nitrogen and oxygen atoms in total. The van der Waals surface area contributed by atoms with E-state index in [4.69, 9.17) is 29.0 Å². The summed E-state index contributed by atoms with van der Waals surface area (Å²) in [6, 6.07) is 1.25. The number of cyclic esters (lactones) is 1. The topological polar surface area (TPSA) is 323 Å². The van der Waals surface area contributed by atoms with Gasteiger partial charge in [0.1, 0.15) is 36.6 Å². The van der Waals surface area contributed by atoms with Crippen LogP contribution in [0.5, 0.6) is 0 Å². The largest absolute Gasteiger partial charge is 0.481 e. The van der Waals surface area contributed by atoms with Gasteiger partial charge in [0.05, 0.1) is 37.4 Å². The molecular formula is C49H85N3O18P2. The van der Waals surface area contributed by atoms with Crippen molar-refractivity contribution in [3.05, 3.63) is 34.9 Å². The molecule has 0 spiro atoms. The van der Waals surface area contributed by atoms with Gasteiger partial charge in [-0.1, -0.05) is 142 Å². The zero-order valence-electron chi connectivity index (χ0n) is 42.6. The lowest BCUT2D eigenvalue weighted by molar-refractivity contribution is -0.188. The lowest BCUT2D eigenvalue weighted by Crippen LogP contribution is -2.51. The van der Waals surface area contributed by atoms with Crippen molar-refractivity contribution in [2.45, 2.75) is 218 Å². The number of unbranched alkanes of at least 4 members (excludes halogenated alkanes) is 12. The van der Waals surface area contributed by atoms with Crippen LogP contribution in [0.2, 0.25) is 0 Å². The van der Waals surface area contributed by atoms with E-state index < -0.39 is 120 Å². The molecule has 72 heavy (non-hydrogen) atoms. The Labute approximate surface area is 424 Å². The Morgan fingerprint density at radius 3 is 2.11 bits per heavy atom. The van der Waals surface area contributed by atoms with Gasteiger partial charge in [-0.25, -0.2) is 13.9 Å². The van der Waals surface area contributed by atoms with E-state index in [1.54, 1.807) is 0 Å². The molecule has 0 aromatic carbocycles. The molecule has 23 heteroatoms. The molecule has 1 aromatic heterocycles. The summed E-state index contributed by atoms with van der Waals surface area (Å²) in [5.41, 5.74) is 4.78. The summed E-state index contributed by atoms with van der Waals surface area (Å²) in [5.74, 6) is -4.26. The zero-order chi connectivity index (χ0) is 53.1. The molecule has 3 rings (SSSR count). The summed E-state index contributed by atoms with van der Waals surface area (Å²) in [7, 11) is -11.3. The second-order valence-electron chi connectivity index (χ2n) is 19.6. The molecule has 8 N–H and O–H groups in total. The maximum absolute atomic E-state index is 14.0. The molecule has 2 saturated heterocycles. The molecule has 0 aliphatic carbocycles. The molecule has 3 heterocycles. The number of hydrogen-bond donors (Lipinski definition) is 7. The first-order chi connectivity index (χ1) is 34.2. The van der Waals surface area contributed by atoms with Crippen molar-refractivity contribution in [3.63, 3.8) is 0 Å². The van der Waals surface area contributed by atoms with Crippen molar-refractivity contribution in [1.82, 2.24) is 9.55 Å². The summed E-state index contributed by atoms with van der Waals surface area (Å²) in [6.45, 7) is 3.79. The molecule has 2 fully saturated rings. The number of phosphoric acid groups is 2. The Morgan fingerprint density at radius 1 is 0.861 bits per heavy atom. The lowest BCUT2D eigenvalue weighted by atomic mass is 9.83. The summed E-state index contributed by atoms with van der Waals surface area (Å²) in [6.07, 6.45) is 8.78. The second-order valence-corrected chi connectivity index (χ2v) is 22.7. The van der Waals surface area contributed by atoms with Crippen LogP contribution in [0.25, 0.3) is 0 Å². The predicted octanol–water partition coefficient (Wildman–Crippen LogP) is 7.28. The third-order valence-corrected chi connectivity index (χ3v) is 15.5. The fraction of sp³-hybridized carbons (Fsp3) is 0.816. The van der Waals surface area contributed by atoms with Crippen LogP contribution >= 0.6 is 15.6 Å². The van der Waals surface area contributed by atoms with Crippen LogP contribution in [0.3, 0.4) is 0 Å². The van der Waals surface area contributed by atoms with E-state index in [-0.39, 0.29) is 31.5 Å². The Hall–Kier alpha value is -2.91. The number of ether oxygens (including phenoxy) is 3. The first-order valence-electron chi connectivity index (χ1n) is 26.2. The predicted molar refractivity (Wildman–Crippen MR) is 267 cm³/mol. The Morgan fingerprint density at radius 2 is 1.47 bits per heavy atom. The number of phosphoric ester groups is 2. The highest BCUT2D eigenvalue weighted by molar-refractivity contribution is 7.61. The van der Waals surface area contributed by atoms with Gasteiger partial charge < -0.3 is 50.2 Å². The summed E-state index contributed by atoms with van der Waals surface area (Å²) >= 11 is 0. The van der Waals surface area contributed by atoms with Crippen molar-refractivity contribution < 1.29 is 81.3 Å². The molecule has 0 amide bonds. The number of nitrogens with two attached hydrogens (primary N) is 1. The van der Waals surface area contributed by atoms with Crippen molar-refractivity contribution in [3.8, 4) is 0 Å². The third kappa shape index (κ3) is 25.1. The van der Waals surface area contributed by atoms with Gasteiger partial charge in [0.2, 0.25) is 0 Å². The number of carbonyl (C=O) groups excluding carboxylic acids is 3. The van der Waals surface area contributed by atoms with Gasteiger partial charge in [-0.15, -0.1) is 0 Å². The van der Waals surface area contributed by atoms with E-state index in [9.17, 15) is 58.5 Å². The molecule has 11 atom stereocenters. The fourth-order valence-corrected chi connectivity index (χ4v) is 10.9. The zero-order valence-corrected chi connectivity index (χ0v) is 44.4. The molecule has 414 valence electrons. The highest BCUT2D eigenvalue weighted by Gasteiger charge is 2.45. The van der Waals surface area contributed by atoms with Crippen LogP contribution in [0, 0.1) is 17.8 Å². The number of hydrogen-bond acceptors (Lipinski definition) is 18. The van der Waals surface area contributed by atoms with Gasteiger partial charge in [0.25, 0.3) is 0 Å². The van der Waals surface area contributed by atoms with Crippen LogP contribution < -0.4 is 11.4 Å². The maximum Gasteiger partial charge on any atom is 0.481 e. The van der Waals surface area contributed by atoms with E-state index in [0.29, 0.717) is 38.5 Å². The summed E-state index contributed by atoms with van der Waals surface area (Å²) < 4.78 is 59.0. The summed E-state index contributed by atoms with van der Waals surface area (Å²) in [4.78, 5) is 78.1. The molecule has 0 saturated carbocycles. The quantitative estimate of drug-likeness (QED) is 0.0245. The second kappa shape index (κ2) is 33.9. The fourth-order valence-electron chi connectivity index (χ4n) is 8.76. The van der Waals surface area contributed by atoms with Gasteiger partial charge in [-0.3, -0.25) is 28.0 Å². The number of aliphatic hydroxyl groups excluding tert-OH is 4. The van der Waals surface area contributed by atoms with E-state index >= 15 is 0 Å². The number of aromatic nitrogens is 2. The van der Waals surface area contributed by atoms with Crippen LogP contribution in [-0.2, 0) is 51.1 Å². The number of nitrogens with zero attached hydrogens (tertiary/aromatic N) is 2. The SMILES string of the molecule is CCCCC[C@H](O)/C=C\[C@H]1C(=O)C[C@H](O)[C@@H]2CCCCCCC(=O)O[C@H](COC(=O)CCCCCCCCCCCCCC(C)C)COP(=O)(O)OP(=O)(O)OC[C@@H](O[C@H]2n2ccc(N)nc2=O)[C@@H](O)[C@H]1O. The molecule has 2 bridgehead atoms. The van der Waals surface area contributed by atoms with Gasteiger partial charge in [-0.2, -0.15) is 9.29 Å². The minimum atomic E-state index is -5.71. The molecule has 2 unspecified atom stereocenters. The van der Waals surface area contributed by atoms with E-state index in [2.05, 4.69) is 23.1 Å². The van der Waals surface area contributed by atoms with Crippen LogP contribution in [0.1, 0.15) is 181 Å². The standard InChI is InChI=1S/C49H85N3O18P2/c1-4-5-17-23-36(53)27-28-38-40(54)31-41(55)39-24-19-15-16-21-26-45(57)68-37(32-65-44(56)25-20-14-12-10-8-6-7-9-11-13-18-22-35(2)3)33-66-71(61,62)70-72(63,64)67-34-42(47(59)46(38)58)69-48(39)52-30-29-43(50)51-49(52)60/h27-30,35-39,41-42,46-48,53,55,58-59H,4-26,31-34H2,1-3H3,(H,61,62)(H,63,64)(H2,50,51,60)/b28-27-/t36-,37+,38-,39-,41-,42+,46-,47+,48+/m0/s1. The number of Topliss-reactive ketones (excluding diaryl/α,β-unsaturated/α-hetero) is 1. The van der Waals surface area contributed by atoms with E-state index in [1.807, 2.05) is 6.92 Å². The molecule has 1 aromatic rings. The van der Waals surface area contributed by atoms with Gasteiger partial charge in [0.15, 0.2) is 6.10 Å². The van der Waals surface area contributed by atoms with Crippen LogP contribution in [-0.4, -0.2) is 114 Å². The van der Waals surface area contributed by atoms with Crippen molar-refractivity contribution in [2.24, 2.45) is 17.8 Å². The number of carbonyl (C=O) groups is 3. The minimum absolute atomic E-state index is 0.0577. The number of fused-ring (bicyclic) bond motifs is 3. The molecule has 2 aliphatic rings. The van der Waals surface area contributed by atoms with Crippen molar-refractivity contribution in [2.75, 3.05) is 25.6 Å². The van der Waals surface area contributed by atoms with Gasteiger partial charge in [0, 0.05) is 31.4 Å². The lowest BCUT2D eigenvalue weighted by Gasteiger charge is -2.39. The monoisotopic (exact) mass is 1070 g/mol. The normalized spacial score (nSPS) is 29.5. The maximum atomic E-state index is 14.0. The summed E-state index contributed by atoms with van der Waals surface area (Å²) in [5, 5.41) is 45.7. The number of esters is 2. The molecular weight excluding hydrogens is 980 g/mol. The molecule has 2 aliphatic heterocycles. The first kappa shape index (κ1) is 63.4. The first-order valence-corrected chi connectivity index (χ1v) is 29.2. The number of ketones is 1. The van der Waals surface area contributed by atoms with Crippen LogP contribution in [0.15, 0.2) is 29.2 Å². The van der Waals surface area contributed by atoms with Crippen molar-refractivity contribution >= 4 is 39.2 Å². The van der Waals surface area contributed by atoms with E-state index in [1.165, 1.54) is 69.4 Å². The number of rotatable bonds is 23. The highest BCUT2D eigenvalue weighted by atomic mass is 31.3. The Balaban J connectivity index is 1.77. The average molecular weight is 1070 g/mol. The number of nitrogen functional groups attached to an aromatic ring is 1. The minimum Gasteiger partial charge on any atom is -0.462 e. The Bertz CT molecular complexity index is 1940. The van der Waals surface area contributed by atoms with Gasteiger partial charge in [-0.05, 0) is 37.7 Å². The molecule has 0 radical (unpaired) electrons. The average Bonchev–Trinajstić information content (AvgIpc) is 3.30.